The molecular formula is C16H23FN2O4S. The molecule has 0 unspecified atom stereocenters. The van der Waals surface area contributed by atoms with Gasteiger partial charge in [0.2, 0.25) is 10.0 Å². The first-order valence-electron chi connectivity index (χ1n) is 7.87. The molecule has 0 N–H and O–H groups in total. The Hall–Kier alpha value is -1.51. The number of ether oxygens (including phenoxy) is 1. The van der Waals surface area contributed by atoms with Gasteiger partial charge in [-0.05, 0) is 24.6 Å². The van der Waals surface area contributed by atoms with Crippen LogP contribution in [0, 0.1) is 5.82 Å². The number of Topliss-reactive ketones (excluding diaryl/α,β-unsaturated/α-hetero) is 1. The van der Waals surface area contributed by atoms with Gasteiger partial charge in [-0.1, -0.05) is 0 Å². The zero-order chi connectivity index (χ0) is 17.7. The zero-order valence-electron chi connectivity index (χ0n) is 14.0. The number of piperidine rings is 1. The van der Waals surface area contributed by atoms with Crippen LogP contribution in [0.3, 0.4) is 0 Å². The zero-order valence-corrected chi connectivity index (χ0v) is 14.8. The summed E-state index contributed by atoms with van der Waals surface area (Å²) in [5, 5.41) is 0. The molecule has 0 aliphatic carbocycles. The molecule has 8 heteroatoms. The molecule has 0 aromatic heterocycles. The maximum absolute atomic E-state index is 14.0. The fraction of sp³-hybridized carbons (Fsp3) is 0.562. The minimum Gasteiger partial charge on any atom is -0.385 e. The summed E-state index contributed by atoms with van der Waals surface area (Å²) in [6, 6.07) is 3.81. The first-order chi connectivity index (χ1) is 11.3. The lowest BCUT2D eigenvalue weighted by molar-refractivity contribution is -0.119. The van der Waals surface area contributed by atoms with Crippen molar-refractivity contribution in [2.75, 3.05) is 45.3 Å². The van der Waals surface area contributed by atoms with Gasteiger partial charge in [0.25, 0.3) is 0 Å². The number of carbonyl (C=O) groups excluding carboxylic acids is 1. The van der Waals surface area contributed by atoms with Crippen molar-refractivity contribution in [3.8, 4) is 0 Å². The van der Waals surface area contributed by atoms with E-state index in [0.717, 1.165) is 6.07 Å². The summed E-state index contributed by atoms with van der Waals surface area (Å²) in [6.07, 6.45) is 1.35. The van der Waals surface area contributed by atoms with Crippen LogP contribution in [0.4, 0.5) is 10.1 Å². The van der Waals surface area contributed by atoms with Crippen LogP contribution in [0.2, 0.25) is 0 Å². The van der Waals surface area contributed by atoms with E-state index in [0.29, 0.717) is 51.2 Å². The molecule has 1 heterocycles. The maximum Gasteiger partial charge on any atom is 0.242 e. The van der Waals surface area contributed by atoms with Gasteiger partial charge in [0.1, 0.15) is 11.6 Å². The quantitative estimate of drug-likeness (QED) is 0.694. The summed E-state index contributed by atoms with van der Waals surface area (Å²) in [5.41, 5.74) is 0.492. The Morgan fingerprint density at radius 1 is 1.25 bits per heavy atom. The monoisotopic (exact) mass is 358 g/mol. The summed E-state index contributed by atoms with van der Waals surface area (Å²) in [6.45, 7) is 1.70. The highest BCUT2D eigenvalue weighted by molar-refractivity contribution is 7.89. The van der Waals surface area contributed by atoms with E-state index in [1.54, 1.807) is 7.11 Å². The number of sulfonamides is 1. The van der Waals surface area contributed by atoms with Crippen LogP contribution in [-0.2, 0) is 19.6 Å². The molecule has 0 saturated carbocycles. The lowest BCUT2D eigenvalue weighted by Crippen LogP contribution is -2.34. The van der Waals surface area contributed by atoms with Crippen molar-refractivity contribution in [3.05, 3.63) is 24.0 Å². The fourth-order valence-electron chi connectivity index (χ4n) is 2.63. The van der Waals surface area contributed by atoms with Gasteiger partial charge < -0.3 is 9.64 Å². The number of hydrogen-bond donors (Lipinski definition) is 0. The Morgan fingerprint density at radius 2 is 1.92 bits per heavy atom. The van der Waals surface area contributed by atoms with Gasteiger partial charge in [0, 0.05) is 58.9 Å². The van der Waals surface area contributed by atoms with Gasteiger partial charge in [-0.25, -0.2) is 17.1 Å². The molecule has 1 aromatic rings. The van der Waals surface area contributed by atoms with Crippen molar-refractivity contribution in [1.29, 1.82) is 0 Å². The number of hydrogen-bond acceptors (Lipinski definition) is 5. The molecule has 24 heavy (non-hydrogen) atoms. The van der Waals surface area contributed by atoms with Gasteiger partial charge in [0.15, 0.2) is 0 Å². The molecule has 1 aromatic carbocycles. The van der Waals surface area contributed by atoms with E-state index in [1.165, 1.54) is 23.5 Å². The average molecular weight is 358 g/mol. The number of benzene rings is 1. The predicted molar refractivity (Wildman–Crippen MR) is 89.2 cm³/mol. The van der Waals surface area contributed by atoms with Crippen molar-refractivity contribution in [2.45, 2.75) is 24.2 Å². The normalized spacial score (nSPS) is 16.0. The number of halogens is 1. The third-order valence-electron chi connectivity index (χ3n) is 4.07. The molecule has 0 radical (unpaired) electrons. The molecule has 1 saturated heterocycles. The number of anilines is 1. The Morgan fingerprint density at radius 3 is 2.54 bits per heavy atom. The maximum atomic E-state index is 14.0. The molecular weight excluding hydrogens is 335 g/mol. The van der Waals surface area contributed by atoms with Crippen molar-refractivity contribution in [2.24, 2.45) is 0 Å². The summed E-state index contributed by atoms with van der Waals surface area (Å²) in [7, 11) is -0.750. The highest BCUT2D eigenvalue weighted by atomic mass is 32.2. The Bertz CT molecular complexity index is 683. The molecule has 1 aliphatic heterocycles. The average Bonchev–Trinajstić information content (AvgIpc) is 2.55. The molecule has 2 rings (SSSR count). The van der Waals surface area contributed by atoms with E-state index in [1.807, 2.05) is 4.90 Å². The topological polar surface area (TPSA) is 66.9 Å². The number of nitrogens with zero attached hydrogens (tertiary/aromatic N) is 2. The molecule has 0 bridgehead atoms. The van der Waals surface area contributed by atoms with E-state index in [-0.39, 0.29) is 10.7 Å². The largest absolute Gasteiger partial charge is 0.385 e. The SMILES string of the molecule is COCCCN(C)S(=O)(=O)c1cc(F)cc(N2CCC(=O)CC2)c1. The van der Waals surface area contributed by atoms with Gasteiger partial charge in [-0.15, -0.1) is 0 Å². The predicted octanol–water partition coefficient (Wildman–Crippen LogP) is 1.65. The van der Waals surface area contributed by atoms with Crippen LogP contribution in [0.5, 0.6) is 0 Å². The highest BCUT2D eigenvalue weighted by Crippen LogP contribution is 2.25. The van der Waals surface area contributed by atoms with Crippen LogP contribution in [0.15, 0.2) is 23.1 Å². The summed E-state index contributed by atoms with van der Waals surface area (Å²) in [4.78, 5) is 13.1. The molecule has 134 valence electrons. The van der Waals surface area contributed by atoms with Crippen molar-refractivity contribution >= 4 is 21.5 Å². The Kier molecular flexibility index (Phi) is 6.31. The van der Waals surface area contributed by atoms with Gasteiger partial charge in [-0.3, -0.25) is 4.79 Å². The van der Waals surface area contributed by atoms with Crippen molar-refractivity contribution in [1.82, 2.24) is 4.31 Å². The second kappa shape index (κ2) is 8.04. The van der Waals surface area contributed by atoms with Gasteiger partial charge in [0.05, 0.1) is 4.90 Å². The Balaban J connectivity index is 2.22. The molecule has 1 fully saturated rings. The minimum atomic E-state index is -3.77. The van der Waals surface area contributed by atoms with E-state index in [9.17, 15) is 17.6 Å². The summed E-state index contributed by atoms with van der Waals surface area (Å²) < 4.78 is 45.3. The van der Waals surface area contributed by atoms with E-state index < -0.39 is 15.8 Å². The number of ketones is 1. The molecule has 1 aliphatic rings. The first kappa shape index (κ1) is 18.8. The third-order valence-corrected chi connectivity index (χ3v) is 5.91. The van der Waals surface area contributed by atoms with Crippen LogP contribution >= 0.6 is 0 Å². The summed E-state index contributed by atoms with van der Waals surface area (Å²) >= 11 is 0. The highest BCUT2D eigenvalue weighted by Gasteiger charge is 2.24. The Labute approximate surface area is 142 Å². The standard InChI is InChI=1S/C16H23FN2O4S/c1-18(6-3-9-23-2)24(21,22)16-11-13(17)10-14(12-16)19-7-4-15(20)5-8-19/h10-12H,3-9H2,1-2H3. The fourth-order valence-corrected chi connectivity index (χ4v) is 3.89. The van der Waals surface area contributed by atoms with Crippen molar-refractivity contribution < 1.29 is 22.3 Å². The van der Waals surface area contributed by atoms with E-state index in [4.69, 9.17) is 4.74 Å². The van der Waals surface area contributed by atoms with Gasteiger partial charge in [-0.2, -0.15) is 0 Å². The molecule has 0 atom stereocenters. The second-order valence-corrected chi connectivity index (χ2v) is 7.89. The molecule has 0 spiro atoms. The number of methoxy groups -OCH3 is 1. The molecule has 6 nitrogen and oxygen atoms in total. The minimum absolute atomic E-state index is 0.0747. The van der Waals surface area contributed by atoms with Crippen molar-refractivity contribution in [3.63, 3.8) is 0 Å². The van der Waals surface area contributed by atoms with Gasteiger partial charge >= 0.3 is 0 Å². The van der Waals surface area contributed by atoms with Crippen LogP contribution in [0.25, 0.3) is 0 Å². The van der Waals surface area contributed by atoms with E-state index in [2.05, 4.69) is 0 Å². The van der Waals surface area contributed by atoms with Crippen LogP contribution in [-0.4, -0.2) is 58.9 Å². The van der Waals surface area contributed by atoms with E-state index >= 15 is 0 Å². The van der Waals surface area contributed by atoms with Crippen LogP contribution in [0.1, 0.15) is 19.3 Å². The first-order valence-corrected chi connectivity index (χ1v) is 9.31. The molecule has 0 amide bonds. The number of rotatable bonds is 7. The lowest BCUT2D eigenvalue weighted by Gasteiger charge is -2.28. The lowest BCUT2D eigenvalue weighted by atomic mass is 10.1. The van der Waals surface area contributed by atoms with Crippen LogP contribution < -0.4 is 4.90 Å². The number of carbonyl (C=O) groups is 1. The third kappa shape index (κ3) is 4.52. The summed E-state index contributed by atoms with van der Waals surface area (Å²) in [5.74, 6) is -0.429. The smallest absolute Gasteiger partial charge is 0.242 e. The second-order valence-electron chi connectivity index (χ2n) is 5.84.